The first kappa shape index (κ1) is 17.2. The van der Waals surface area contributed by atoms with Crippen molar-refractivity contribution in [1.82, 2.24) is 24.3 Å². The van der Waals surface area contributed by atoms with Crippen LogP contribution in [0, 0.1) is 0 Å². The molecule has 0 aliphatic heterocycles. The molecule has 0 unspecified atom stereocenters. The van der Waals surface area contributed by atoms with Gasteiger partial charge in [-0.15, -0.1) is 10.2 Å². The van der Waals surface area contributed by atoms with Crippen LogP contribution in [-0.2, 0) is 14.1 Å². The third-order valence-electron chi connectivity index (χ3n) is 5.31. The van der Waals surface area contributed by atoms with E-state index < -0.39 is 0 Å². The normalized spacial score (nSPS) is 11.4. The zero-order valence-corrected chi connectivity index (χ0v) is 16.4. The lowest BCUT2D eigenvalue weighted by Gasteiger charge is -2.07. The number of fused-ring (bicyclic) bond motifs is 2. The summed E-state index contributed by atoms with van der Waals surface area (Å²) in [6, 6.07) is 14.2. The fourth-order valence-electron chi connectivity index (χ4n) is 3.92. The molecule has 0 aliphatic carbocycles. The molecule has 0 spiro atoms. The van der Waals surface area contributed by atoms with Gasteiger partial charge < -0.3 is 19.6 Å². The summed E-state index contributed by atoms with van der Waals surface area (Å²) in [5, 5.41) is 10.6. The molecule has 3 heterocycles. The lowest BCUT2D eigenvalue weighted by molar-refractivity contribution is 0.415. The van der Waals surface area contributed by atoms with Crippen molar-refractivity contribution in [2.75, 3.05) is 12.8 Å². The molecule has 0 fully saturated rings. The summed E-state index contributed by atoms with van der Waals surface area (Å²) in [5.41, 5.74) is 11.4. The highest BCUT2D eigenvalue weighted by Crippen LogP contribution is 2.38. The number of ether oxygens (including phenoxy) is 1. The summed E-state index contributed by atoms with van der Waals surface area (Å²) >= 11 is 0. The third-order valence-corrected chi connectivity index (χ3v) is 5.31. The van der Waals surface area contributed by atoms with Gasteiger partial charge in [-0.05, 0) is 24.3 Å². The number of hydrogen-bond acceptors (Lipinski definition) is 5. The zero-order valence-electron chi connectivity index (χ0n) is 16.4. The molecule has 3 aromatic heterocycles. The highest BCUT2D eigenvalue weighted by atomic mass is 16.5. The Hall–Kier alpha value is -3.87. The number of aromatic nitrogens is 5. The standard InChI is InChI=1S/C22H20N6O/c1-27-11-16(14-6-4-5-7-18(14)27)20-21(25-26-22(23)24-20)17-12-28(2)19-9-8-13(29-3)10-15(17)19/h4-12H,1-3H3,(H2,23,24,26). The van der Waals surface area contributed by atoms with Gasteiger partial charge in [0.1, 0.15) is 17.1 Å². The van der Waals surface area contributed by atoms with E-state index in [-0.39, 0.29) is 5.95 Å². The van der Waals surface area contributed by atoms with Gasteiger partial charge in [-0.25, -0.2) is 4.98 Å². The van der Waals surface area contributed by atoms with Crippen LogP contribution < -0.4 is 10.5 Å². The number of nitrogens with two attached hydrogens (primary N) is 1. The predicted molar refractivity (Wildman–Crippen MR) is 115 cm³/mol. The van der Waals surface area contributed by atoms with E-state index in [0.717, 1.165) is 38.7 Å². The first-order valence-corrected chi connectivity index (χ1v) is 9.25. The number of benzene rings is 2. The molecule has 5 aromatic rings. The minimum Gasteiger partial charge on any atom is -0.497 e. The van der Waals surface area contributed by atoms with Gasteiger partial charge in [0.15, 0.2) is 0 Å². The molecule has 0 amide bonds. The second kappa shape index (κ2) is 6.34. The van der Waals surface area contributed by atoms with Crippen molar-refractivity contribution in [3.63, 3.8) is 0 Å². The molecule has 0 aliphatic rings. The van der Waals surface area contributed by atoms with E-state index in [1.54, 1.807) is 7.11 Å². The largest absolute Gasteiger partial charge is 0.497 e. The minimum atomic E-state index is 0.148. The molecule has 7 nitrogen and oxygen atoms in total. The van der Waals surface area contributed by atoms with Gasteiger partial charge in [-0.1, -0.05) is 18.2 Å². The van der Waals surface area contributed by atoms with Gasteiger partial charge in [0, 0.05) is 59.4 Å². The molecule has 0 bridgehead atoms. The Labute approximate surface area is 167 Å². The van der Waals surface area contributed by atoms with Crippen molar-refractivity contribution in [2.45, 2.75) is 0 Å². The van der Waals surface area contributed by atoms with Gasteiger partial charge in [0.2, 0.25) is 5.95 Å². The number of aryl methyl sites for hydroxylation is 2. The summed E-state index contributed by atoms with van der Waals surface area (Å²) in [7, 11) is 5.69. The van der Waals surface area contributed by atoms with Crippen molar-refractivity contribution in [2.24, 2.45) is 14.1 Å². The predicted octanol–water partition coefficient (Wildman–Crippen LogP) is 3.78. The second-order valence-corrected chi connectivity index (χ2v) is 7.07. The molecular weight excluding hydrogens is 364 g/mol. The van der Waals surface area contributed by atoms with E-state index >= 15 is 0 Å². The SMILES string of the molecule is COc1ccc2c(c1)c(-c1nnc(N)nc1-c1cn(C)c3ccccc13)cn2C. The van der Waals surface area contributed by atoms with E-state index in [2.05, 4.69) is 42.6 Å². The molecule has 2 N–H and O–H groups in total. The van der Waals surface area contributed by atoms with Crippen molar-refractivity contribution in [3.8, 4) is 28.3 Å². The van der Waals surface area contributed by atoms with Crippen LogP contribution in [0.2, 0.25) is 0 Å². The number of rotatable bonds is 3. The quantitative estimate of drug-likeness (QED) is 0.512. The molecule has 0 atom stereocenters. The maximum absolute atomic E-state index is 5.94. The Morgan fingerprint density at radius 3 is 2.28 bits per heavy atom. The number of anilines is 1. The van der Waals surface area contributed by atoms with Gasteiger partial charge in [-0.3, -0.25) is 0 Å². The zero-order chi connectivity index (χ0) is 20.1. The Morgan fingerprint density at radius 2 is 1.52 bits per heavy atom. The van der Waals surface area contributed by atoms with Gasteiger partial charge in [0.05, 0.1) is 7.11 Å². The molecule has 7 heteroatoms. The maximum atomic E-state index is 5.94. The number of hydrogen-bond donors (Lipinski definition) is 1. The first-order valence-electron chi connectivity index (χ1n) is 9.25. The van der Waals surface area contributed by atoms with Gasteiger partial charge in [0.25, 0.3) is 0 Å². The first-order chi connectivity index (χ1) is 14.1. The monoisotopic (exact) mass is 384 g/mol. The summed E-state index contributed by atoms with van der Waals surface area (Å²) in [5.74, 6) is 0.933. The Kier molecular flexibility index (Phi) is 3.77. The fraction of sp³-hybridized carbons (Fsp3) is 0.136. The molecule has 5 rings (SSSR count). The Bertz CT molecular complexity index is 1380. The van der Waals surface area contributed by atoms with Crippen LogP contribution in [0.1, 0.15) is 0 Å². The summed E-state index contributed by atoms with van der Waals surface area (Å²) < 4.78 is 9.58. The van der Waals surface area contributed by atoms with Gasteiger partial charge in [-0.2, -0.15) is 0 Å². The fourth-order valence-corrected chi connectivity index (χ4v) is 3.92. The third kappa shape index (κ3) is 2.62. The highest BCUT2D eigenvalue weighted by molar-refractivity contribution is 6.03. The van der Waals surface area contributed by atoms with Crippen LogP contribution in [0.25, 0.3) is 44.3 Å². The van der Waals surface area contributed by atoms with Crippen LogP contribution in [0.4, 0.5) is 5.95 Å². The topological polar surface area (TPSA) is 83.8 Å². The van der Waals surface area contributed by atoms with E-state index in [0.29, 0.717) is 11.4 Å². The van der Waals surface area contributed by atoms with Crippen molar-refractivity contribution < 1.29 is 4.74 Å². The van der Waals surface area contributed by atoms with E-state index in [9.17, 15) is 0 Å². The van der Waals surface area contributed by atoms with Crippen LogP contribution >= 0.6 is 0 Å². The number of nitrogens with zero attached hydrogens (tertiary/aromatic N) is 5. The molecule has 2 aromatic carbocycles. The Morgan fingerprint density at radius 1 is 0.828 bits per heavy atom. The van der Waals surface area contributed by atoms with E-state index in [1.807, 2.05) is 50.6 Å². The Balaban J connectivity index is 1.84. The summed E-state index contributed by atoms with van der Waals surface area (Å²) in [6.07, 6.45) is 4.10. The molecule has 0 saturated heterocycles. The smallest absolute Gasteiger partial charge is 0.240 e. The van der Waals surface area contributed by atoms with Crippen molar-refractivity contribution in [3.05, 3.63) is 54.9 Å². The molecule has 0 radical (unpaired) electrons. The van der Waals surface area contributed by atoms with Crippen LogP contribution in [-0.4, -0.2) is 31.4 Å². The molecular formula is C22H20N6O. The number of nitrogen functional groups attached to an aromatic ring is 1. The number of methoxy groups -OCH3 is 1. The summed E-state index contributed by atoms with van der Waals surface area (Å²) in [6.45, 7) is 0. The van der Waals surface area contributed by atoms with Crippen molar-refractivity contribution in [1.29, 1.82) is 0 Å². The molecule has 144 valence electrons. The van der Waals surface area contributed by atoms with Crippen LogP contribution in [0.3, 0.4) is 0 Å². The van der Waals surface area contributed by atoms with Gasteiger partial charge >= 0.3 is 0 Å². The second-order valence-electron chi connectivity index (χ2n) is 7.07. The van der Waals surface area contributed by atoms with Crippen molar-refractivity contribution >= 4 is 27.8 Å². The van der Waals surface area contributed by atoms with E-state index in [1.165, 1.54) is 0 Å². The lowest BCUT2D eigenvalue weighted by Crippen LogP contribution is -2.02. The van der Waals surface area contributed by atoms with Crippen LogP contribution in [0.5, 0.6) is 5.75 Å². The highest BCUT2D eigenvalue weighted by Gasteiger charge is 2.20. The number of para-hydroxylation sites is 1. The average Bonchev–Trinajstić information content (AvgIpc) is 3.25. The maximum Gasteiger partial charge on any atom is 0.240 e. The summed E-state index contributed by atoms with van der Waals surface area (Å²) in [4.78, 5) is 4.59. The molecule has 29 heavy (non-hydrogen) atoms. The van der Waals surface area contributed by atoms with Crippen LogP contribution in [0.15, 0.2) is 54.9 Å². The average molecular weight is 384 g/mol. The minimum absolute atomic E-state index is 0.148. The van der Waals surface area contributed by atoms with E-state index in [4.69, 9.17) is 10.5 Å². The molecule has 0 saturated carbocycles. The lowest BCUT2D eigenvalue weighted by atomic mass is 10.0.